The van der Waals surface area contributed by atoms with Crippen molar-refractivity contribution in [2.24, 2.45) is 0 Å². The van der Waals surface area contributed by atoms with E-state index in [1.54, 1.807) is 0 Å². The standard InChI is InChI=1S/C12H23N3O2/c16-12(15-8-1-2-9-15)14-7-10-17-11-3-5-13-6-4-11/h11,13H,1-10H2,(H,14,16). The molecule has 2 heterocycles. The van der Waals surface area contributed by atoms with E-state index < -0.39 is 0 Å². The third-order valence-corrected chi connectivity index (χ3v) is 3.41. The van der Waals surface area contributed by atoms with Gasteiger partial charge in [0.15, 0.2) is 0 Å². The highest BCUT2D eigenvalue weighted by Crippen LogP contribution is 2.07. The van der Waals surface area contributed by atoms with Gasteiger partial charge in [-0.1, -0.05) is 0 Å². The zero-order valence-corrected chi connectivity index (χ0v) is 10.4. The van der Waals surface area contributed by atoms with E-state index in [-0.39, 0.29) is 6.03 Å². The van der Waals surface area contributed by atoms with Crippen molar-refractivity contribution in [3.05, 3.63) is 0 Å². The van der Waals surface area contributed by atoms with E-state index in [9.17, 15) is 4.79 Å². The number of nitrogens with one attached hydrogen (secondary N) is 2. The molecule has 0 bridgehead atoms. The highest BCUT2D eigenvalue weighted by atomic mass is 16.5. The summed E-state index contributed by atoms with van der Waals surface area (Å²) in [5.74, 6) is 0. The number of urea groups is 1. The molecule has 0 aliphatic carbocycles. The van der Waals surface area contributed by atoms with E-state index in [0.717, 1.165) is 51.9 Å². The summed E-state index contributed by atoms with van der Waals surface area (Å²) in [6, 6.07) is 0.0661. The quantitative estimate of drug-likeness (QED) is 0.707. The Balaban J connectivity index is 1.51. The van der Waals surface area contributed by atoms with Gasteiger partial charge in [-0.05, 0) is 38.8 Å². The third kappa shape index (κ3) is 4.16. The summed E-state index contributed by atoms with van der Waals surface area (Å²) in [5.41, 5.74) is 0. The van der Waals surface area contributed by atoms with Crippen molar-refractivity contribution >= 4 is 6.03 Å². The van der Waals surface area contributed by atoms with Crippen LogP contribution in [-0.2, 0) is 4.74 Å². The van der Waals surface area contributed by atoms with Crippen molar-refractivity contribution in [1.29, 1.82) is 0 Å². The average molecular weight is 241 g/mol. The predicted molar refractivity (Wildman–Crippen MR) is 66.0 cm³/mol. The Labute approximate surface area is 103 Å². The fourth-order valence-corrected chi connectivity index (χ4v) is 2.38. The molecule has 0 aromatic heterocycles. The normalized spacial score (nSPS) is 21.8. The summed E-state index contributed by atoms with van der Waals surface area (Å²) in [6.07, 6.45) is 4.82. The largest absolute Gasteiger partial charge is 0.376 e. The van der Waals surface area contributed by atoms with Crippen LogP contribution in [0.25, 0.3) is 0 Å². The molecule has 0 spiro atoms. The van der Waals surface area contributed by atoms with E-state index in [0.29, 0.717) is 19.3 Å². The molecule has 5 nitrogen and oxygen atoms in total. The Hall–Kier alpha value is -0.810. The lowest BCUT2D eigenvalue weighted by Crippen LogP contribution is -2.40. The van der Waals surface area contributed by atoms with Gasteiger partial charge in [0.2, 0.25) is 0 Å². The topological polar surface area (TPSA) is 53.6 Å². The van der Waals surface area contributed by atoms with Crippen LogP contribution in [0.5, 0.6) is 0 Å². The van der Waals surface area contributed by atoms with Crippen LogP contribution in [0.15, 0.2) is 0 Å². The van der Waals surface area contributed by atoms with Gasteiger partial charge in [-0.3, -0.25) is 0 Å². The maximum absolute atomic E-state index is 11.6. The van der Waals surface area contributed by atoms with Crippen molar-refractivity contribution in [2.75, 3.05) is 39.3 Å². The van der Waals surface area contributed by atoms with Crippen LogP contribution in [0.2, 0.25) is 0 Å². The van der Waals surface area contributed by atoms with Crippen molar-refractivity contribution in [3.8, 4) is 0 Å². The van der Waals surface area contributed by atoms with Gasteiger partial charge in [-0.25, -0.2) is 4.79 Å². The van der Waals surface area contributed by atoms with Crippen molar-refractivity contribution in [3.63, 3.8) is 0 Å². The first-order chi connectivity index (χ1) is 8.36. The Bertz CT molecular complexity index is 236. The Kier molecular flexibility index (Phi) is 5.07. The number of nitrogens with zero attached hydrogens (tertiary/aromatic N) is 1. The number of hydrogen-bond donors (Lipinski definition) is 2. The summed E-state index contributed by atoms with van der Waals surface area (Å²) in [5, 5.41) is 6.21. The molecule has 0 radical (unpaired) electrons. The summed E-state index contributed by atoms with van der Waals surface area (Å²) in [4.78, 5) is 13.5. The van der Waals surface area contributed by atoms with E-state index in [4.69, 9.17) is 4.74 Å². The number of amides is 2. The monoisotopic (exact) mass is 241 g/mol. The minimum atomic E-state index is 0.0661. The second kappa shape index (κ2) is 6.81. The summed E-state index contributed by atoms with van der Waals surface area (Å²) >= 11 is 0. The van der Waals surface area contributed by atoms with Gasteiger partial charge in [0.05, 0.1) is 12.7 Å². The number of hydrogen-bond acceptors (Lipinski definition) is 3. The molecule has 2 rings (SSSR count). The van der Waals surface area contributed by atoms with Crippen molar-refractivity contribution in [2.45, 2.75) is 31.8 Å². The average Bonchev–Trinajstić information content (AvgIpc) is 2.89. The first-order valence-corrected chi connectivity index (χ1v) is 6.71. The van der Waals surface area contributed by atoms with E-state index in [2.05, 4.69) is 10.6 Å². The fourth-order valence-electron chi connectivity index (χ4n) is 2.38. The molecule has 5 heteroatoms. The van der Waals surface area contributed by atoms with Crippen LogP contribution in [0.1, 0.15) is 25.7 Å². The van der Waals surface area contributed by atoms with Crippen LogP contribution in [0.3, 0.4) is 0 Å². The number of likely N-dealkylation sites (tertiary alicyclic amines) is 1. The lowest BCUT2D eigenvalue weighted by Gasteiger charge is -2.23. The SMILES string of the molecule is O=C(NCCOC1CCNCC1)N1CCCC1. The highest BCUT2D eigenvalue weighted by Gasteiger charge is 2.17. The molecule has 0 unspecified atom stereocenters. The Morgan fingerprint density at radius 3 is 2.71 bits per heavy atom. The van der Waals surface area contributed by atoms with Crippen LogP contribution >= 0.6 is 0 Å². The van der Waals surface area contributed by atoms with E-state index >= 15 is 0 Å². The maximum Gasteiger partial charge on any atom is 0.317 e. The molecule has 2 N–H and O–H groups in total. The number of ether oxygens (including phenoxy) is 1. The molecule has 2 aliphatic rings. The minimum Gasteiger partial charge on any atom is -0.376 e. The lowest BCUT2D eigenvalue weighted by molar-refractivity contribution is 0.0353. The maximum atomic E-state index is 11.6. The number of rotatable bonds is 4. The molecular formula is C12H23N3O2. The van der Waals surface area contributed by atoms with Crippen molar-refractivity contribution in [1.82, 2.24) is 15.5 Å². The van der Waals surface area contributed by atoms with Gasteiger partial charge in [-0.2, -0.15) is 0 Å². The molecule has 17 heavy (non-hydrogen) atoms. The molecule has 2 fully saturated rings. The Morgan fingerprint density at radius 1 is 1.29 bits per heavy atom. The van der Waals surface area contributed by atoms with Crippen LogP contribution in [0.4, 0.5) is 4.79 Å². The molecule has 0 aromatic rings. The zero-order chi connectivity index (χ0) is 11.9. The molecule has 2 saturated heterocycles. The second-order valence-electron chi connectivity index (χ2n) is 4.75. The molecule has 0 aromatic carbocycles. The van der Waals surface area contributed by atoms with E-state index in [1.165, 1.54) is 0 Å². The first kappa shape index (κ1) is 12.6. The fraction of sp³-hybridized carbons (Fsp3) is 0.917. The van der Waals surface area contributed by atoms with Gasteiger partial charge >= 0.3 is 6.03 Å². The van der Waals surface area contributed by atoms with Gasteiger partial charge < -0.3 is 20.3 Å². The third-order valence-electron chi connectivity index (χ3n) is 3.41. The molecule has 98 valence electrons. The van der Waals surface area contributed by atoms with Crippen LogP contribution in [0, 0.1) is 0 Å². The number of carbonyl (C=O) groups excluding carboxylic acids is 1. The smallest absolute Gasteiger partial charge is 0.317 e. The van der Waals surface area contributed by atoms with Gasteiger partial charge in [0.1, 0.15) is 0 Å². The molecular weight excluding hydrogens is 218 g/mol. The van der Waals surface area contributed by atoms with Crippen LogP contribution < -0.4 is 10.6 Å². The van der Waals surface area contributed by atoms with Crippen molar-refractivity contribution < 1.29 is 9.53 Å². The molecule has 2 aliphatic heterocycles. The highest BCUT2D eigenvalue weighted by molar-refractivity contribution is 5.74. The van der Waals surface area contributed by atoms with Gasteiger partial charge in [0, 0.05) is 19.6 Å². The molecule has 0 saturated carbocycles. The van der Waals surface area contributed by atoms with Gasteiger partial charge in [0.25, 0.3) is 0 Å². The van der Waals surface area contributed by atoms with Crippen LogP contribution in [-0.4, -0.2) is 56.4 Å². The summed E-state index contributed by atoms with van der Waals surface area (Å²) in [7, 11) is 0. The first-order valence-electron chi connectivity index (χ1n) is 6.71. The minimum absolute atomic E-state index is 0.0661. The molecule has 0 atom stereocenters. The second-order valence-corrected chi connectivity index (χ2v) is 4.75. The molecule has 2 amide bonds. The number of carbonyl (C=O) groups is 1. The van der Waals surface area contributed by atoms with Gasteiger partial charge in [-0.15, -0.1) is 0 Å². The summed E-state index contributed by atoms with van der Waals surface area (Å²) in [6.45, 7) is 5.15. The predicted octanol–water partition coefficient (Wildman–Crippen LogP) is 0.560. The lowest BCUT2D eigenvalue weighted by atomic mass is 10.1. The zero-order valence-electron chi connectivity index (χ0n) is 10.4. The number of piperidine rings is 1. The Morgan fingerprint density at radius 2 is 2.00 bits per heavy atom. The van der Waals surface area contributed by atoms with E-state index in [1.807, 2.05) is 4.90 Å². The summed E-state index contributed by atoms with van der Waals surface area (Å²) < 4.78 is 5.72.